The van der Waals surface area contributed by atoms with Gasteiger partial charge in [-0.2, -0.15) is 0 Å². The summed E-state index contributed by atoms with van der Waals surface area (Å²) < 4.78 is 0. The lowest BCUT2D eigenvalue weighted by atomic mass is 9.98. The van der Waals surface area contributed by atoms with Crippen molar-refractivity contribution in [1.82, 2.24) is 20.1 Å². The van der Waals surface area contributed by atoms with Crippen molar-refractivity contribution in [2.45, 2.75) is 45.2 Å². The van der Waals surface area contributed by atoms with E-state index in [1.54, 1.807) is 0 Å². The van der Waals surface area contributed by atoms with Gasteiger partial charge in [0.2, 0.25) is 0 Å². The first-order valence-corrected chi connectivity index (χ1v) is 9.02. The van der Waals surface area contributed by atoms with Gasteiger partial charge in [0.05, 0.1) is 10.7 Å². The molecule has 1 aromatic rings. The Morgan fingerprint density at radius 2 is 2.00 bits per heavy atom. The average molecular weight is 345 g/mol. The molecule has 0 spiro atoms. The molecule has 1 aromatic heterocycles. The third-order valence-electron chi connectivity index (χ3n) is 4.54. The quantitative estimate of drug-likeness (QED) is 0.912. The third kappa shape index (κ3) is 4.42. The molecule has 3 rings (SSSR count). The second-order valence-electron chi connectivity index (χ2n) is 7.35. The molecule has 4 nitrogen and oxygen atoms in total. The van der Waals surface area contributed by atoms with Crippen molar-refractivity contribution >= 4 is 23.7 Å². The van der Waals surface area contributed by atoms with Crippen LogP contribution in [0.5, 0.6) is 0 Å². The highest BCUT2D eigenvalue weighted by molar-refractivity contribution is 7.09. The van der Waals surface area contributed by atoms with Crippen LogP contribution >= 0.6 is 23.7 Å². The minimum absolute atomic E-state index is 0. The van der Waals surface area contributed by atoms with Crippen LogP contribution in [-0.2, 0) is 12.0 Å². The van der Waals surface area contributed by atoms with Crippen LogP contribution in [0.25, 0.3) is 0 Å². The van der Waals surface area contributed by atoms with Crippen LogP contribution in [-0.4, -0.2) is 60.1 Å². The first-order chi connectivity index (χ1) is 10.0. The van der Waals surface area contributed by atoms with Gasteiger partial charge in [0.15, 0.2) is 0 Å². The number of piperazine rings is 1. The van der Waals surface area contributed by atoms with Gasteiger partial charge in [0.25, 0.3) is 0 Å². The first-order valence-electron chi connectivity index (χ1n) is 8.14. The highest BCUT2D eigenvalue weighted by atomic mass is 35.5. The Morgan fingerprint density at radius 3 is 2.55 bits per heavy atom. The number of rotatable bonds is 3. The maximum atomic E-state index is 4.83. The molecular formula is C16H29ClN4S. The summed E-state index contributed by atoms with van der Waals surface area (Å²) in [4.78, 5) is 10.0. The number of hydrogen-bond donors (Lipinski definition) is 1. The predicted molar refractivity (Wildman–Crippen MR) is 96.2 cm³/mol. The van der Waals surface area contributed by atoms with Gasteiger partial charge in [-0.1, -0.05) is 20.8 Å². The summed E-state index contributed by atoms with van der Waals surface area (Å²) >= 11 is 1.81. The molecule has 0 aromatic carbocycles. The lowest BCUT2D eigenvalue weighted by Gasteiger charge is -2.37. The van der Waals surface area contributed by atoms with Crippen LogP contribution in [0.1, 0.15) is 37.9 Å². The van der Waals surface area contributed by atoms with Crippen molar-refractivity contribution in [2.24, 2.45) is 0 Å². The summed E-state index contributed by atoms with van der Waals surface area (Å²) in [7, 11) is 0. The van der Waals surface area contributed by atoms with Gasteiger partial charge in [-0.25, -0.2) is 4.98 Å². The van der Waals surface area contributed by atoms with E-state index in [9.17, 15) is 0 Å². The topological polar surface area (TPSA) is 31.4 Å². The lowest BCUT2D eigenvalue weighted by molar-refractivity contribution is 0.0974. The minimum Gasteiger partial charge on any atom is -0.315 e. The van der Waals surface area contributed by atoms with Gasteiger partial charge in [0.1, 0.15) is 0 Å². The van der Waals surface area contributed by atoms with Crippen molar-refractivity contribution in [3.63, 3.8) is 0 Å². The summed E-state index contributed by atoms with van der Waals surface area (Å²) in [6, 6.07) is 0.777. The second kappa shape index (κ2) is 7.58. The van der Waals surface area contributed by atoms with Gasteiger partial charge in [0, 0.05) is 56.1 Å². The van der Waals surface area contributed by atoms with Crippen LogP contribution < -0.4 is 5.32 Å². The molecule has 1 atom stereocenters. The average Bonchev–Trinajstić information content (AvgIpc) is 3.09. The van der Waals surface area contributed by atoms with E-state index in [2.05, 4.69) is 41.3 Å². The standard InChI is InChI=1S/C16H28N4S.ClH/c1-16(2,3)15-18-13(12-21-15)11-19-6-8-20(9-7-19)14-4-5-17-10-14;/h12,14,17H,4-11H2,1-3H3;1H. The monoisotopic (exact) mass is 344 g/mol. The molecule has 2 aliphatic rings. The lowest BCUT2D eigenvalue weighted by Crippen LogP contribution is -2.50. The molecule has 0 saturated carbocycles. The Morgan fingerprint density at radius 1 is 1.27 bits per heavy atom. The molecule has 0 bridgehead atoms. The predicted octanol–water partition coefficient (Wildman–Crippen LogP) is 2.34. The van der Waals surface area contributed by atoms with E-state index in [0.717, 1.165) is 12.6 Å². The molecule has 0 radical (unpaired) electrons. The number of aromatic nitrogens is 1. The van der Waals surface area contributed by atoms with E-state index in [1.165, 1.54) is 56.4 Å². The number of nitrogens with one attached hydrogen (secondary N) is 1. The molecule has 2 saturated heterocycles. The molecule has 3 heterocycles. The van der Waals surface area contributed by atoms with E-state index in [0.29, 0.717) is 0 Å². The van der Waals surface area contributed by atoms with Crippen molar-refractivity contribution in [3.05, 3.63) is 16.1 Å². The first kappa shape index (κ1) is 18.1. The van der Waals surface area contributed by atoms with Crippen molar-refractivity contribution in [2.75, 3.05) is 39.3 Å². The van der Waals surface area contributed by atoms with E-state index in [1.807, 2.05) is 11.3 Å². The number of hydrogen-bond acceptors (Lipinski definition) is 5. The maximum absolute atomic E-state index is 4.83. The van der Waals surface area contributed by atoms with E-state index < -0.39 is 0 Å². The largest absolute Gasteiger partial charge is 0.315 e. The van der Waals surface area contributed by atoms with Crippen LogP contribution in [0.4, 0.5) is 0 Å². The molecule has 126 valence electrons. The summed E-state index contributed by atoms with van der Waals surface area (Å²) in [5.74, 6) is 0. The fourth-order valence-electron chi connectivity index (χ4n) is 3.19. The molecule has 6 heteroatoms. The van der Waals surface area contributed by atoms with Crippen LogP contribution in [0.2, 0.25) is 0 Å². The van der Waals surface area contributed by atoms with E-state index in [-0.39, 0.29) is 17.8 Å². The third-order valence-corrected chi connectivity index (χ3v) is 5.85. The molecule has 2 aliphatic heterocycles. The van der Waals surface area contributed by atoms with Gasteiger partial charge in [-0.05, 0) is 13.0 Å². The van der Waals surface area contributed by atoms with Gasteiger partial charge >= 0.3 is 0 Å². The molecule has 2 fully saturated rings. The van der Waals surface area contributed by atoms with Gasteiger partial charge in [-0.15, -0.1) is 23.7 Å². The summed E-state index contributed by atoms with van der Waals surface area (Å²) in [5.41, 5.74) is 1.43. The Balaban J connectivity index is 0.00000176. The van der Waals surface area contributed by atoms with E-state index >= 15 is 0 Å². The van der Waals surface area contributed by atoms with E-state index in [4.69, 9.17) is 4.98 Å². The van der Waals surface area contributed by atoms with Crippen molar-refractivity contribution in [1.29, 1.82) is 0 Å². The fourth-order valence-corrected chi connectivity index (χ4v) is 4.09. The summed E-state index contributed by atoms with van der Waals surface area (Å²) in [6.45, 7) is 14.9. The SMILES string of the molecule is CC(C)(C)c1nc(CN2CCN(C3CCNC3)CC2)cs1.Cl. The highest BCUT2D eigenvalue weighted by Crippen LogP contribution is 2.26. The molecule has 1 N–H and O–H groups in total. The number of nitrogens with zero attached hydrogens (tertiary/aromatic N) is 3. The molecular weight excluding hydrogens is 316 g/mol. The zero-order valence-corrected chi connectivity index (χ0v) is 15.6. The Bertz CT molecular complexity index is 457. The molecule has 0 aliphatic carbocycles. The molecule has 0 amide bonds. The van der Waals surface area contributed by atoms with Gasteiger partial charge < -0.3 is 5.32 Å². The second-order valence-corrected chi connectivity index (χ2v) is 8.21. The zero-order chi connectivity index (χ0) is 14.9. The Hall–Kier alpha value is -0.200. The van der Waals surface area contributed by atoms with Gasteiger partial charge in [-0.3, -0.25) is 9.80 Å². The van der Waals surface area contributed by atoms with Crippen molar-refractivity contribution in [3.8, 4) is 0 Å². The molecule has 1 unspecified atom stereocenters. The molecule has 22 heavy (non-hydrogen) atoms. The van der Waals surface area contributed by atoms with Crippen LogP contribution in [0.15, 0.2) is 5.38 Å². The van der Waals surface area contributed by atoms with Crippen LogP contribution in [0.3, 0.4) is 0 Å². The Kier molecular flexibility index (Phi) is 6.25. The Labute approximate surface area is 144 Å². The smallest absolute Gasteiger partial charge is 0.0982 e. The van der Waals surface area contributed by atoms with Crippen LogP contribution in [0, 0.1) is 0 Å². The number of halogens is 1. The normalized spacial score (nSPS) is 24.4. The maximum Gasteiger partial charge on any atom is 0.0982 e. The number of thiazole rings is 1. The van der Waals surface area contributed by atoms with Crippen molar-refractivity contribution < 1.29 is 0 Å². The summed E-state index contributed by atoms with van der Waals surface area (Å²) in [5, 5.41) is 6.98. The highest BCUT2D eigenvalue weighted by Gasteiger charge is 2.26. The zero-order valence-electron chi connectivity index (χ0n) is 14.0. The minimum atomic E-state index is 0. The fraction of sp³-hybridized carbons (Fsp3) is 0.812. The summed E-state index contributed by atoms with van der Waals surface area (Å²) in [6.07, 6.45) is 1.32.